The van der Waals surface area contributed by atoms with E-state index in [4.69, 9.17) is 20.5 Å². The van der Waals surface area contributed by atoms with Crippen molar-refractivity contribution in [2.45, 2.75) is 25.0 Å². The number of carbonyl (C=O) groups excluding carboxylic acids is 2. The number of nitrogen functional groups attached to an aromatic ring is 1. The maximum Gasteiger partial charge on any atom is 0.412 e. The molecule has 0 aromatic heterocycles. The zero-order valence-corrected chi connectivity index (χ0v) is 20.3. The van der Waals surface area contributed by atoms with E-state index in [-0.39, 0.29) is 11.7 Å². The molecule has 5 N–H and O–H groups in total. The maximum absolute atomic E-state index is 12.7. The first-order valence-electron chi connectivity index (χ1n) is 11.5. The largest absolute Gasteiger partial charge is 0.508 e. The highest BCUT2D eigenvalue weighted by Crippen LogP contribution is 2.28. The number of benzene rings is 3. The van der Waals surface area contributed by atoms with Gasteiger partial charge in [0.15, 0.2) is 6.10 Å². The first-order valence-corrected chi connectivity index (χ1v) is 11.5. The summed E-state index contributed by atoms with van der Waals surface area (Å²) in [6.07, 6.45) is 1.96. The molecule has 0 heterocycles. The Labute approximate surface area is 215 Å². The van der Waals surface area contributed by atoms with Crippen molar-refractivity contribution in [3.8, 4) is 11.8 Å². The zero-order chi connectivity index (χ0) is 26.6. The fourth-order valence-corrected chi connectivity index (χ4v) is 3.54. The third kappa shape index (κ3) is 8.13. The van der Waals surface area contributed by atoms with Crippen molar-refractivity contribution in [1.82, 2.24) is 0 Å². The lowest BCUT2D eigenvalue weighted by Gasteiger charge is -2.26. The van der Waals surface area contributed by atoms with Crippen molar-refractivity contribution in [2.75, 3.05) is 23.5 Å². The number of allylic oxidation sites excluding steroid dienone is 1. The van der Waals surface area contributed by atoms with E-state index >= 15 is 0 Å². The number of hydrogen-bond donors (Lipinski definition) is 4. The van der Waals surface area contributed by atoms with E-state index in [1.165, 1.54) is 25.3 Å². The van der Waals surface area contributed by atoms with Crippen molar-refractivity contribution in [1.29, 1.82) is 5.26 Å². The van der Waals surface area contributed by atoms with Gasteiger partial charge in [-0.3, -0.25) is 10.1 Å². The number of methoxy groups -OCH3 is 1. The molecular formula is C28H28N4O5. The molecule has 0 aliphatic heterocycles. The summed E-state index contributed by atoms with van der Waals surface area (Å²) in [4.78, 5) is 24.9. The van der Waals surface area contributed by atoms with Gasteiger partial charge in [-0.25, -0.2) is 4.79 Å². The number of nitrogens with one attached hydrogen (secondary N) is 2. The van der Waals surface area contributed by atoms with Gasteiger partial charge in [0, 0.05) is 12.8 Å². The molecule has 3 aromatic carbocycles. The lowest BCUT2D eigenvalue weighted by Crippen LogP contribution is -2.28. The van der Waals surface area contributed by atoms with Crippen LogP contribution in [0.5, 0.6) is 5.75 Å². The van der Waals surface area contributed by atoms with E-state index in [0.29, 0.717) is 41.0 Å². The molecule has 9 heteroatoms. The van der Waals surface area contributed by atoms with Crippen molar-refractivity contribution < 1.29 is 24.2 Å². The molecule has 9 nitrogen and oxygen atoms in total. The smallest absolute Gasteiger partial charge is 0.412 e. The number of aromatic hydroxyl groups is 1. The summed E-state index contributed by atoms with van der Waals surface area (Å²) in [6.45, 7) is 0. The third-order valence-corrected chi connectivity index (χ3v) is 5.46. The molecule has 0 saturated heterocycles. The molecule has 0 spiro atoms. The standard InChI is InChI=1S/C28H28N4O5/c1-36-25(8-4-5-9-26(34)32-24-7-3-2-6-23(24)30)27(20-12-16-22(33)17-13-20)37-28(35)31-21-14-10-19(18-29)11-15-21/h2-3,5-7,9-17,25,27,33H,4,8,30H2,1H3,(H,31,35)(H,32,34)/b9-5+/t25-,27-/m1/s1. The average Bonchev–Trinajstić information content (AvgIpc) is 2.90. The quantitative estimate of drug-likeness (QED) is 0.223. The number of nitrogens with two attached hydrogens (primary N) is 1. The fourth-order valence-electron chi connectivity index (χ4n) is 3.54. The van der Waals surface area contributed by atoms with Gasteiger partial charge in [-0.05, 0) is 73.0 Å². The molecule has 190 valence electrons. The van der Waals surface area contributed by atoms with Crippen molar-refractivity contribution in [3.63, 3.8) is 0 Å². The number of nitriles is 1. The van der Waals surface area contributed by atoms with Crippen LogP contribution >= 0.6 is 0 Å². The van der Waals surface area contributed by atoms with E-state index in [1.54, 1.807) is 66.7 Å². The Morgan fingerprint density at radius 1 is 1.05 bits per heavy atom. The second kappa shape index (κ2) is 13.3. The van der Waals surface area contributed by atoms with Crippen LogP contribution in [0.4, 0.5) is 21.9 Å². The minimum atomic E-state index is -0.796. The number of para-hydroxylation sites is 2. The summed E-state index contributed by atoms with van der Waals surface area (Å²) in [5, 5.41) is 24.0. The van der Waals surface area contributed by atoms with Gasteiger partial charge < -0.3 is 25.6 Å². The van der Waals surface area contributed by atoms with E-state index < -0.39 is 18.3 Å². The molecular weight excluding hydrogens is 472 g/mol. The molecule has 2 amide bonds. The molecule has 37 heavy (non-hydrogen) atoms. The van der Waals surface area contributed by atoms with Crippen LogP contribution in [0.15, 0.2) is 84.9 Å². The second-order valence-corrected chi connectivity index (χ2v) is 8.06. The number of amides is 2. The highest BCUT2D eigenvalue weighted by atomic mass is 16.6. The average molecular weight is 501 g/mol. The maximum atomic E-state index is 12.7. The fraction of sp³-hybridized carbons (Fsp3) is 0.179. The van der Waals surface area contributed by atoms with Crippen LogP contribution in [-0.4, -0.2) is 30.3 Å². The first kappa shape index (κ1) is 26.8. The van der Waals surface area contributed by atoms with Crippen LogP contribution in [0, 0.1) is 11.3 Å². The van der Waals surface area contributed by atoms with Crippen molar-refractivity contribution in [2.24, 2.45) is 0 Å². The predicted molar refractivity (Wildman–Crippen MR) is 141 cm³/mol. The predicted octanol–water partition coefficient (Wildman–Crippen LogP) is 5.13. The minimum absolute atomic E-state index is 0.0755. The summed E-state index contributed by atoms with van der Waals surface area (Å²) < 4.78 is 11.4. The molecule has 0 aliphatic rings. The number of nitrogens with zero attached hydrogens (tertiary/aromatic N) is 1. The Morgan fingerprint density at radius 3 is 2.41 bits per heavy atom. The molecule has 3 rings (SSSR count). The third-order valence-electron chi connectivity index (χ3n) is 5.46. The molecule has 0 bridgehead atoms. The monoisotopic (exact) mass is 500 g/mol. The SMILES string of the molecule is CO[C@H](CC/C=C/C(=O)Nc1ccccc1N)[C@H](OC(=O)Nc1ccc(C#N)cc1)c1ccc(O)cc1. The summed E-state index contributed by atoms with van der Waals surface area (Å²) >= 11 is 0. The summed E-state index contributed by atoms with van der Waals surface area (Å²) in [7, 11) is 1.51. The van der Waals surface area contributed by atoms with Gasteiger partial charge in [0.25, 0.3) is 0 Å². The molecule has 0 aliphatic carbocycles. The van der Waals surface area contributed by atoms with E-state index in [9.17, 15) is 14.7 Å². The second-order valence-electron chi connectivity index (χ2n) is 8.06. The van der Waals surface area contributed by atoms with Gasteiger partial charge in [0.05, 0.1) is 29.1 Å². The van der Waals surface area contributed by atoms with Crippen LogP contribution in [0.2, 0.25) is 0 Å². The number of carbonyl (C=O) groups is 2. The number of rotatable bonds is 10. The highest BCUT2D eigenvalue weighted by Gasteiger charge is 2.27. The molecule has 0 unspecified atom stereocenters. The Kier molecular flexibility index (Phi) is 9.65. The Balaban J connectivity index is 1.65. The van der Waals surface area contributed by atoms with E-state index in [2.05, 4.69) is 10.6 Å². The van der Waals surface area contributed by atoms with Crippen LogP contribution in [0.1, 0.15) is 30.1 Å². The topological polar surface area (TPSA) is 147 Å². The van der Waals surface area contributed by atoms with Gasteiger partial charge in [-0.2, -0.15) is 5.26 Å². The normalized spacial score (nSPS) is 12.3. The van der Waals surface area contributed by atoms with Crippen molar-refractivity contribution >= 4 is 29.1 Å². The van der Waals surface area contributed by atoms with Gasteiger partial charge in [-0.1, -0.05) is 30.3 Å². The van der Waals surface area contributed by atoms with Gasteiger partial charge in [0.1, 0.15) is 5.75 Å². The van der Waals surface area contributed by atoms with E-state index in [1.807, 2.05) is 6.07 Å². The Bertz CT molecular complexity index is 1270. The summed E-state index contributed by atoms with van der Waals surface area (Å²) in [5.74, 6) is -0.244. The lowest BCUT2D eigenvalue weighted by molar-refractivity contribution is -0.111. The molecule has 0 fully saturated rings. The Morgan fingerprint density at radius 2 is 1.76 bits per heavy atom. The number of anilines is 3. The van der Waals surface area contributed by atoms with Gasteiger partial charge in [0.2, 0.25) is 5.91 Å². The molecule has 3 aromatic rings. The minimum Gasteiger partial charge on any atom is -0.508 e. The summed E-state index contributed by atoms with van der Waals surface area (Å²) in [6, 6.07) is 21.6. The van der Waals surface area contributed by atoms with Crippen LogP contribution in [0.3, 0.4) is 0 Å². The highest BCUT2D eigenvalue weighted by molar-refractivity contribution is 6.01. The zero-order valence-electron chi connectivity index (χ0n) is 20.3. The van der Waals surface area contributed by atoms with Crippen LogP contribution in [-0.2, 0) is 14.3 Å². The van der Waals surface area contributed by atoms with Gasteiger partial charge in [-0.15, -0.1) is 0 Å². The molecule has 2 atom stereocenters. The van der Waals surface area contributed by atoms with Crippen molar-refractivity contribution in [3.05, 3.63) is 96.1 Å². The van der Waals surface area contributed by atoms with E-state index in [0.717, 1.165) is 0 Å². The van der Waals surface area contributed by atoms with Crippen LogP contribution in [0.25, 0.3) is 0 Å². The summed E-state index contributed by atoms with van der Waals surface area (Å²) in [5.41, 5.74) is 8.41. The number of ether oxygens (including phenoxy) is 2. The molecule has 0 radical (unpaired) electrons. The first-order chi connectivity index (χ1) is 17.9. The number of phenolic OH excluding ortho intramolecular Hbond substituents is 1. The molecule has 0 saturated carbocycles. The van der Waals surface area contributed by atoms with Gasteiger partial charge >= 0.3 is 6.09 Å². The number of phenols is 1. The lowest BCUT2D eigenvalue weighted by atomic mass is 10.00. The van der Waals surface area contributed by atoms with Crippen LogP contribution < -0.4 is 16.4 Å². The Hall–Kier alpha value is -4.81. The number of hydrogen-bond acceptors (Lipinski definition) is 7.